The van der Waals surface area contributed by atoms with Crippen molar-refractivity contribution in [3.05, 3.63) is 35.3 Å². The van der Waals surface area contributed by atoms with Gasteiger partial charge in [-0.1, -0.05) is 0 Å². The molecule has 1 aliphatic carbocycles. The summed E-state index contributed by atoms with van der Waals surface area (Å²) in [5, 5.41) is 14.2. The number of hydrogen-bond donors (Lipinski definition) is 2. The number of carbonyl (C=O) groups excluding carboxylic acids is 1. The zero-order valence-corrected chi connectivity index (χ0v) is 14.9. The molecular formula is C18H20N2O4S. The van der Waals surface area contributed by atoms with Gasteiger partial charge in [0.05, 0.1) is 11.5 Å². The molecule has 1 aromatic heterocycles. The van der Waals surface area contributed by atoms with Gasteiger partial charge in [-0.2, -0.15) is 0 Å². The van der Waals surface area contributed by atoms with E-state index < -0.39 is 11.4 Å². The average molecular weight is 360 g/mol. The van der Waals surface area contributed by atoms with Crippen molar-refractivity contribution in [2.45, 2.75) is 32.8 Å². The van der Waals surface area contributed by atoms with Gasteiger partial charge < -0.3 is 15.2 Å². The monoisotopic (exact) mass is 360 g/mol. The Morgan fingerprint density at radius 2 is 2.00 bits per heavy atom. The number of carbonyl (C=O) groups is 2. The Morgan fingerprint density at radius 3 is 2.56 bits per heavy atom. The maximum absolute atomic E-state index is 12.2. The third-order valence-electron chi connectivity index (χ3n) is 4.10. The summed E-state index contributed by atoms with van der Waals surface area (Å²) in [4.78, 5) is 27.7. The first-order valence-electron chi connectivity index (χ1n) is 8.14. The van der Waals surface area contributed by atoms with Crippen LogP contribution in [-0.4, -0.2) is 34.6 Å². The molecule has 0 aliphatic heterocycles. The van der Waals surface area contributed by atoms with E-state index in [1.807, 2.05) is 38.1 Å². The van der Waals surface area contributed by atoms with Crippen molar-refractivity contribution in [3.8, 4) is 16.3 Å². The van der Waals surface area contributed by atoms with Crippen molar-refractivity contribution in [1.29, 1.82) is 0 Å². The minimum Gasteiger partial charge on any atom is -0.491 e. The molecule has 1 amide bonds. The summed E-state index contributed by atoms with van der Waals surface area (Å²) in [7, 11) is 0. The Bertz CT molecular complexity index is 779. The number of hydrogen-bond acceptors (Lipinski definition) is 5. The van der Waals surface area contributed by atoms with Crippen LogP contribution in [0.5, 0.6) is 5.75 Å². The van der Waals surface area contributed by atoms with Crippen LogP contribution in [0.3, 0.4) is 0 Å². The number of aliphatic carboxylic acids is 1. The molecule has 1 fully saturated rings. The van der Waals surface area contributed by atoms with Gasteiger partial charge in [0.25, 0.3) is 5.91 Å². The van der Waals surface area contributed by atoms with E-state index in [1.165, 1.54) is 11.3 Å². The van der Waals surface area contributed by atoms with Crippen LogP contribution >= 0.6 is 11.3 Å². The lowest BCUT2D eigenvalue weighted by molar-refractivity contribution is -0.143. The highest BCUT2D eigenvalue weighted by Crippen LogP contribution is 2.45. The SMILES string of the molecule is CC(C)Oc1ccc(-c2nc(C(=O)NCC3(C(=O)O)CC3)cs2)cc1. The Balaban J connectivity index is 1.63. The normalized spacial score (nSPS) is 15.0. The molecule has 1 heterocycles. The second-order valence-electron chi connectivity index (χ2n) is 6.50. The van der Waals surface area contributed by atoms with Crippen LogP contribution in [0.1, 0.15) is 37.2 Å². The highest BCUT2D eigenvalue weighted by molar-refractivity contribution is 7.13. The van der Waals surface area contributed by atoms with Crippen molar-refractivity contribution < 1.29 is 19.4 Å². The van der Waals surface area contributed by atoms with Crippen molar-refractivity contribution >= 4 is 23.2 Å². The number of ether oxygens (including phenoxy) is 1. The highest BCUT2D eigenvalue weighted by atomic mass is 32.1. The number of nitrogens with one attached hydrogen (secondary N) is 1. The van der Waals surface area contributed by atoms with Crippen molar-refractivity contribution in [3.63, 3.8) is 0 Å². The van der Waals surface area contributed by atoms with Crippen molar-refractivity contribution in [2.24, 2.45) is 5.41 Å². The maximum atomic E-state index is 12.2. The van der Waals surface area contributed by atoms with Gasteiger partial charge in [0.1, 0.15) is 16.5 Å². The second kappa shape index (κ2) is 6.84. The molecule has 0 unspecified atom stereocenters. The van der Waals surface area contributed by atoms with E-state index in [2.05, 4.69) is 10.3 Å². The number of amides is 1. The Hall–Kier alpha value is -2.41. The quantitative estimate of drug-likeness (QED) is 0.792. The van der Waals surface area contributed by atoms with Gasteiger partial charge in [0.2, 0.25) is 0 Å². The van der Waals surface area contributed by atoms with Crippen LogP contribution in [0.2, 0.25) is 0 Å². The zero-order chi connectivity index (χ0) is 18.0. The molecule has 1 aliphatic rings. The molecule has 0 spiro atoms. The Kier molecular flexibility index (Phi) is 4.76. The number of nitrogens with zero attached hydrogens (tertiary/aromatic N) is 1. The van der Waals surface area contributed by atoms with Crippen LogP contribution in [0.15, 0.2) is 29.6 Å². The molecule has 2 aromatic rings. The molecule has 0 radical (unpaired) electrons. The fourth-order valence-electron chi connectivity index (χ4n) is 2.42. The van der Waals surface area contributed by atoms with Gasteiger partial charge in [-0.25, -0.2) is 4.98 Å². The first-order chi connectivity index (χ1) is 11.9. The van der Waals surface area contributed by atoms with E-state index in [0.717, 1.165) is 16.3 Å². The fourth-order valence-corrected chi connectivity index (χ4v) is 3.22. The largest absolute Gasteiger partial charge is 0.491 e. The predicted molar refractivity (Wildman–Crippen MR) is 95.0 cm³/mol. The summed E-state index contributed by atoms with van der Waals surface area (Å²) >= 11 is 1.38. The van der Waals surface area contributed by atoms with Gasteiger partial charge in [0, 0.05) is 17.5 Å². The number of aromatic nitrogens is 1. The summed E-state index contributed by atoms with van der Waals surface area (Å²) in [6, 6.07) is 7.56. The van der Waals surface area contributed by atoms with Crippen LogP contribution in [0.4, 0.5) is 0 Å². The molecule has 0 bridgehead atoms. The van der Waals surface area contributed by atoms with E-state index in [9.17, 15) is 9.59 Å². The molecule has 1 aromatic carbocycles. The van der Waals surface area contributed by atoms with Gasteiger partial charge in [-0.05, 0) is 51.0 Å². The smallest absolute Gasteiger partial charge is 0.311 e. The van der Waals surface area contributed by atoms with Crippen LogP contribution in [0, 0.1) is 5.41 Å². The summed E-state index contributed by atoms with van der Waals surface area (Å²) in [5.41, 5.74) is 0.439. The van der Waals surface area contributed by atoms with Gasteiger partial charge >= 0.3 is 5.97 Å². The fraction of sp³-hybridized carbons (Fsp3) is 0.389. The van der Waals surface area contributed by atoms with Crippen molar-refractivity contribution in [1.82, 2.24) is 10.3 Å². The summed E-state index contributed by atoms with van der Waals surface area (Å²) in [6.07, 6.45) is 1.33. The first kappa shape index (κ1) is 17.4. The third-order valence-corrected chi connectivity index (χ3v) is 5.00. The lowest BCUT2D eigenvalue weighted by Gasteiger charge is -2.10. The van der Waals surface area contributed by atoms with Crippen LogP contribution < -0.4 is 10.1 Å². The minimum atomic E-state index is -0.851. The molecule has 3 rings (SSSR count). The molecule has 7 heteroatoms. The first-order valence-corrected chi connectivity index (χ1v) is 9.02. The average Bonchev–Trinajstić information content (AvgIpc) is 3.21. The molecule has 25 heavy (non-hydrogen) atoms. The lowest BCUT2D eigenvalue weighted by atomic mass is 10.1. The maximum Gasteiger partial charge on any atom is 0.311 e. The van der Waals surface area contributed by atoms with Crippen LogP contribution in [-0.2, 0) is 4.79 Å². The van der Waals surface area contributed by atoms with Crippen LogP contribution in [0.25, 0.3) is 10.6 Å². The zero-order valence-electron chi connectivity index (χ0n) is 14.1. The van der Waals surface area contributed by atoms with E-state index >= 15 is 0 Å². The van der Waals surface area contributed by atoms with E-state index in [0.29, 0.717) is 18.5 Å². The molecular weight excluding hydrogens is 340 g/mol. The lowest BCUT2D eigenvalue weighted by Crippen LogP contribution is -2.34. The van der Waals surface area contributed by atoms with E-state index in [1.54, 1.807) is 5.38 Å². The molecule has 2 N–H and O–H groups in total. The third kappa shape index (κ3) is 3.99. The summed E-state index contributed by atoms with van der Waals surface area (Å²) in [6.45, 7) is 4.08. The number of carboxylic acid groups (broad SMARTS) is 1. The number of rotatable bonds is 7. The van der Waals surface area contributed by atoms with E-state index in [4.69, 9.17) is 9.84 Å². The highest BCUT2D eigenvalue weighted by Gasteiger charge is 2.50. The minimum absolute atomic E-state index is 0.113. The number of thiazole rings is 1. The van der Waals surface area contributed by atoms with Gasteiger partial charge in [0.15, 0.2) is 0 Å². The Labute approximate surface area is 149 Å². The number of benzene rings is 1. The topological polar surface area (TPSA) is 88.5 Å². The van der Waals surface area contributed by atoms with Gasteiger partial charge in [-0.15, -0.1) is 11.3 Å². The standard InChI is InChI=1S/C18H20N2O4S/c1-11(2)24-13-5-3-12(4-6-13)16-20-14(9-25-16)15(21)19-10-18(7-8-18)17(22)23/h3-6,9,11H,7-8,10H2,1-2H3,(H,19,21)(H,22,23). The number of carboxylic acids is 1. The summed E-state index contributed by atoms with van der Waals surface area (Å²) < 4.78 is 5.61. The Morgan fingerprint density at radius 1 is 1.32 bits per heavy atom. The van der Waals surface area contributed by atoms with E-state index in [-0.39, 0.29) is 18.6 Å². The summed E-state index contributed by atoms with van der Waals surface area (Å²) in [5.74, 6) is -0.401. The molecule has 1 saturated carbocycles. The molecule has 132 valence electrons. The molecule has 6 nitrogen and oxygen atoms in total. The molecule has 0 atom stereocenters. The van der Waals surface area contributed by atoms with Crippen molar-refractivity contribution in [2.75, 3.05) is 6.54 Å². The molecule has 0 saturated heterocycles. The van der Waals surface area contributed by atoms with Gasteiger partial charge in [-0.3, -0.25) is 9.59 Å². The second-order valence-corrected chi connectivity index (χ2v) is 7.36. The predicted octanol–water partition coefficient (Wildman–Crippen LogP) is 3.19.